The summed E-state index contributed by atoms with van der Waals surface area (Å²) in [4.78, 5) is 0. The Balaban J connectivity index is 2.78. The molecule has 1 heterocycles. The number of rotatable bonds is 2. The van der Waals surface area contributed by atoms with Crippen molar-refractivity contribution in [3.63, 3.8) is 0 Å². The lowest BCUT2D eigenvalue weighted by atomic mass is 10.4. The lowest BCUT2D eigenvalue weighted by Crippen LogP contribution is -2.32. The number of hydrogen-bond acceptors (Lipinski definition) is 2. The zero-order valence-corrected chi connectivity index (χ0v) is 6.24. The highest BCUT2D eigenvalue weighted by molar-refractivity contribution is 4.79. The van der Waals surface area contributed by atoms with Crippen molar-refractivity contribution >= 4 is 0 Å². The molecule has 0 bridgehead atoms. The fraction of sp³-hybridized carbons (Fsp3) is 0.571. The first kappa shape index (κ1) is 7.28. The Kier molecular flexibility index (Phi) is 2.06. The van der Waals surface area contributed by atoms with Gasteiger partial charge in [0.15, 0.2) is 11.8 Å². The van der Waals surface area contributed by atoms with E-state index in [0.29, 0.717) is 11.8 Å². The van der Waals surface area contributed by atoms with E-state index in [1.807, 2.05) is 4.57 Å². The van der Waals surface area contributed by atoms with E-state index in [0.717, 1.165) is 0 Å². The predicted molar refractivity (Wildman–Crippen MR) is 35.2 cm³/mol. The molecule has 0 atom stereocenters. The summed E-state index contributed by atoms with van der Waals surface area (Å²) in [7, 11) is 0. The summed E-state index contributed by atoms with van der Waals surface area (Å²) in [5.74, 6) is 0.605. The van der Waals surface area contributed by atoms with E-state index in [2.05, 4.69) is 13.8 Å². The summed E-state index contributed by atoms with van der Waals surface area (Å²) in [6, 6.07) is 0.393. The maximum atomic E-state index is 8.63. The topological polar surface area (TPSA) is 37.2 Å². The Labute approximate surface area is 59.9 Å². The van der Waals surface area contributed by atoms with Crippen LogP contribution in [0.15, 0.2) is 17.0 Å². The Morgan fingerprint density at radius 2 is 2.40 bits per heavy atom. The molecule has 0 aromatic carbocycles. The lowest BCUT2D eigenvalue weighted by molar-refractivity contribution is -0.719. The van der Waals surface area contributed by atoms with Crippen LogP contribution in [-0.4, -0.2) is 5.11 Å². The number of aliphatic hydroxyl groups is 1. The molecule has 1 N–H and O–H groups in total. The van der Waals surface area contributed by atoms with E-state index in [4.69, 9.17) is 9.52 Å². The maximum absolute atomic E-state index is 8.63. The minimum absolute atomic E-state index is 0.0281. The number of hydrogen-bond donors (Lipinski definition) is 1. The first-order chi connectivity index (χ1) is 4.74. The van der Waals surface area contributed by atoms with E-state index < -0.39 is 0 Å². The molecule has 10 heavy (non-hydrogen) atoms. The minimum Gasteiger partial charge on any atom is -0.406 e. The van der Waals surface area contributed by atoms with E-state index in [9.17, 15) is 0 Å². The van der Waals surface area contributed by atoms with E-state index in [1.165, 1.54) is 0 Å². The van der Waals surface area contributed by atoms with Crippen molar-refractivity contribution in [2.24, 2.45) is 0 Å². The van der Waals surface area contributed by atoms with Crippen molar-refractivity contribution in [2.45, 2.75) is 26.5 Å². The molecule has 56 valence electrons. The van der Waals surface area contributed by atoms with E-state index >= 15 is 0 Å². The number of nitrogens with zero attached hydrogens (tertiary/aromatic N) is 1. The number of aromatic nitrogens is 1. The summed E-state index contributed by atoms with van der Waals surface area (Å²) in [5.41, 5.74) is 0. The smallest absolute Gasteiger partial charge is 0.334 e. The molecule has 0 fully saturated rings. The summed E-state index contributed by atoms with van der Waals surface area (Å²) in [6.07, 6.45) is 3.40. The molecule has 1 aromatic heterocycles. The molecule has 0 saturated carbocycles. The standard InChI is InChI=1S/C7H12NO2/c1-6(2)8-3-7(4-9)10-5-8/h3,5-6,9H,4H2,1-2H3/q+1. The number of aliphatic hydroxyl groups excluding tert-OH is 1. The van der Waals surface area contributed by atoms with Crippen LogP contribution in [-0.2, 0) is 6.61 Å². The van der Waals surface area contributed by atoms with Gasteiger partial charge in [0.1, 0.15) is 6.61 Å². The first-order valence-corrected chi connectivity index (χ1v) is 3.33. The third-order valence-corrected chi connectivity index (χ3v) is 1.37. The maximum Gasteiger partial charge on any atom is 0.334 e. The Morgan fingerprint density at radius 3 is 2.70 bits per heavy atom. The Morgan fingerprint density at radius 1 is 1.70 bits per heavy atom. The summed E-state index contributed by atoms with van der Waals surface area (Å²) < 4.78 is 6.90. The highest BCUT2D eigenvalue weighted by atomic mass is 16.4. The molecule has 0 aliphatic heterocycles. The molecule has 0 spiro atoms. The second-order valence-electron chi connectivity index (χ2n) is 2.52. The zero-order valence-electron chi connectivity index (χ0n) is 6.24. The predicted octanol–water partition coefficient (Wildman–Crippen LogP) is 0.640. The molecule has 0 unspecified atom stereocenters. The van der Waals surface area contributed by atoms with Gasteiger partial charge in [0.05, 0.1) is 0 Å². The van der Waals surface area contributed by atoms with Crippen LogP contribution < -0.4 is 4.57 Å². The molecule has 1 aromatic rings. The minimum atomic E-state index is -0.0281. The van der Waals surface area contributed by atoms with Gasteiger partial charge in [-0.25, -0.2) is 0 Å². The van der Waals surface area contributed by atoms with Gasteiger partial charge in [-0.2, -0.15) is 4.57 Å². The fourth-order valence-corrected chi connectivity index (χ4v) is 0.705. The summed E-state index contributed by atoms with van der Waals surface area (Å²) >= 11 is 0. The molecule has 0 aliphatic rings. The fourth-order valence-electron chi connectivity index (χ4n) is 0.705. The lowest BCUT2D eigenvalue weighted by Gasteiger charge is -1.89. The molecule has 0 radical (unpaired) electrons. The molecule has 0 amide bonds. The van der Waals surface area contributed by atoms with Gasteiger partial charge in [-0.3, -0.25) is 0 Å². The SMILES string of the molecule is CC(C)[n+]1coc(CO)c1. The van der Waals surface area contributed by atoms with Crippen molar-refractivity contribution in [3.8, 4) is 0 Å². The van der Waals surface area contributed by atoms with Crippen molar-refractivity contribution in [1.29, 1.82) is 0 Å². The van der Waals surface area contributed by atoms with Crippen LogP contribution in [0.2, 0.25) is 0 Å². The third kappa shape index (κ3) is 1.36. The second kappa shape index (κ2) is 2.84. The quantitative estimate of drug-likeness (QED) is 0.615. The van der Waals surface area contributed by atoms with Crippen molar-refractivity contribution in [3.05, 3.63) is 18.4 Å². The van der Waals surface area contributed by atoms with E-state index in [1.54, 1.807) is 12.6 Å². The van der Waals surface area contributed by atoms with Crippen LogP contribution in [0.5, 0.6) is 0 Å². The first-order valence-electron chi connectivity index (χ1n) is 3.33. The molecular formula is C7H12NO2+. The monoisotopic (exact) mass is 142 g/mol. The van der Waals surface area contributed by atoms with Gasteiger partial charge < -0.3 is 9.52 Å². The van der Waals surface area contributed by atoms with E-state index in [-0.39, 0.29) is 6.61 Å². The Hall–Kier alpha value is -0.830. The molecule has 1 rings (SSSR count). The van der Waals surface area contributed by atoms with Gasteiger partial charge in [-0.1, -0.05) is 0 Å². The van der Waals surface area contributed by atoms with Crippen LogP contribution in [0, 0.1) is 0 Å². The van der Waals surface area contributed by atoms with Crippen molar-refractivity contribution in [1.82, 2.24) is 0 Å². The van der Waals surface area contributed by atoms with Gasteiger partial charge in [0.2, 0.25) is 6.20 Å². The molecule has 3 nitrogen and oxygen atoms in total. The van der Waals surface area contributed by atoms with Gasteiger partial charge in [0, 0.05) is 0 Å². The summed E-state index contributed by atoms with van der Waals surface area (Å²) in [6.45, 7) is 4.08. The Bertz CT molecular complexity index is 205. The van der Waals surface area contributed by atoms with Crippen LogP contribution in [0.25, 0.3) is 0 Å². The third-order valence-electron chi connectivity index (χ3n) is 1.37. The van der Waals surface area contributed by atoms with Crippen molar-refractivity contribution in [2.75, 3.05) is 0 Å². The summed E-state index contributed by atoms with van der Waals surface area (Å²) in [5, 5.41) is 8.63. The van der Waals surface area contributed by atoms with Crippen LogP contribution in [0.1, 0.15) is 25.6 Å². The molecule has 0 aliphatic carbocycles. The zero-order chi connectivity index (χ0) is 7.56. The highest BCUT2D eigenvalue weighted by Crippen LogP contribution is 1.97. The van der Waals surface area contributed by atoms with Crippen LogP contribution in [0.3, 0.4) is 0 Å². The van der Waals surface area contributed by atoms with Gasteiger partial charge in [0.25, 0.3) is 0 Å². The second-order valence-corrected chi connectivity index (χ2v) is 2.52. The number of oxazole rings is 1. The van der Waals surface area contributed by atoms with Crippen molar-refractivity contribution < 1.29 is 14.1 Å². The molecule has 3 heteroatoms. The normalized spacial score (nSPS) is 10.8. The van der Waals surface area contributed by atoms with Gasteiger partial charge in [-0.15, -0.1) is 0 Å². The van der Waals surface area contributed by atoms with Crippen LogP contribution >= 0.6 is 0 Å². The average molecular weight is 142 g/mol. The largest absolute Gasteiger partial charge is 0.406 e. The molecular weight excluding hydrogens is 130 g/mol. The highest BCUT2D eigenvalue weighted by Gasteiger charge is 2.09. The van der Waals surface area contributed by atoms with Gasteiger partial charge >= 0.3 is 6.39 Å². The molecule has 0 saturated heterocycles. The van der Waals surface area contributed by atoms with Crippen LogP contribution in [0.4, 0.5) is 0 Å². The van der Waals surface area contributed by atoms with Gasteiger partial charge in [-0.05, 0) is 13.8 Å². The average Bonchev–Trinajstić information content (AvgIpc) is 2.34.